The predicted octanol–water partition coefficient (Wildman–Crippen LogP) is 2.86. The van der Waals surface area contributed by atoms with Gasteiger partial charge in [0.25, 0.3) is 0 Å². The molecular formula is C21H30IN5O. The van der Waals surface area contributed by atoms with Gasteiger partial charge in [0.15, 0.2) is 5.96 Å². The minimum Gasteiger partial charge on any atom is -0.497 e. The van der Waals surface area contributed by atoms with E-state index in [1.165, 1.54) is 5.56 Å². The Morgan fingerprint density at radius 2 is 1.75 bits per heavy atom. The van der Waals surface area contributed by atoms with Gasteiger partial charge in [-0.1, -0.05) is 36.4 Å². The van der Waals surface area contributed by atoms with Crippen molar-refractivity contribution in [1.82, 2.24) is 9.80 Å². The second-order valence-corrected chi connectivity index (χ2v) is 6.73. The highest BCUT2D eigenvalue weighted by molar-refractivity contribution is 14.0. The minimum atomic E-state index is 0. The van der Waals surface area contributed by atoms with Crippen LogP contribution in [0.3, 0.4) is 0 Å². The number of nitrogens with two attached hydrogens (primary N) is 1. The SMILES string of the molecule is COc1cccc(NC(N)=NCCN2CCN(Cc3ccccc3)CC2)c1.I. The number of ether oxygens (including phenoxy) is 1. The topological polar surface area (TPSA) is 66.1 Å². The maximum absolute atomic E-state index is 5.99. The maximum atomic E-state index is 5.99. The number of benzene rings is 2. The van der Waals surface area contributed by atoms with E-state index in [0.717, 1.165) is 50.7 Å². The van der Waals surface area contributed by atoms with Gasteiger partial charge in [0.1, 0.15) is 5.75 Å². The van der Waals surface area contributed by atoms with Crippen molar-refractivity contribution < 1.29 is 4.74 Å². The molecule has 1 heterocycles. The zero-order chi connectivity index (χ0) is 18.9. The Kier molecular flexibility index (Phi) is 9.52. The van der Waals surface area contributed by atoms with E-state index in [4.69, 9.17) is 10.5 Å². The largest absolute Gasteiger partial charge is 0.497 e. The quantitative estimate of drug-likeness (QED) is 0.352. The molecule has 0 aromatic heterocycles. The van der Waals surface area contributed by atoms with Gasteiger partial charge in [-0.05, 0) is 17.7 Å². The zero-order valence-corrected chi connectivity index (χ0v) is 18.7. The summed E-state index contributed by atoms with van der Waals surface area (Å²) in [6, 6.07) is 18.3. The number of halogens is 1. The number of anilines is 1. The molecule has 1 fully saturated rings. The first-order chi connectivity index (χ1) is 13.2. The molecule has 0 radical (unpaired) electrons. The number of aliphatic imine (C=N–C) groups is 1. The summed E-state index contributed by atoms with van der Waals surface area (Å²) >= 11 is 0. The first-order valence-corrected chi connectivity index (χ1v) is 9.42. The zero-order valence-electron chi connectivity index (χ0n) is 16.4. The van der Waals surface area contributed by atoms with Crippen molar-refractivity contribution in [3.63, 3.8) is 0 Å². The highest BCUT2D eigenvalue weighted by atomic mass is 127. The summed E-state index contributed by atoms with van der Waals surface area (Å²) in [5.41, 5.74) is 8.25. The van der Waals surface area contributed by atoms with E-state index >= 15 is 0 Å². The smallest absolute Gasteiger partial charge is 0.193 e. The normalized spacial score (nSPS) is 15.7. The van der Waals surface area contributed by atoms with Crippen LogP contribution in [0.15, 0.2) is 59.6 Å². The number of nitrogens with one attached hydrogen (secondary N) is 1. The molecule has 0 aliphatic carbocycles. The highest BCUT2D eigenvalue weighted by Crippen LogP contribution is 2.16. The van der Waals surface area contributed by atoms with Crippen LogP contribution >= 0.6 is 24.0 Å². The molecule has 3 rings (SSSR count). The fourth-order valence-corrected chi connectivity index (χ4v) is 3.21. The molecule has 2 aromatic carbocycles. The Bertz CT molecular complexity index is 733. The standard InChI is InChI=1S/C21H29N5O.HI/c1-27-20-9-5-8-19(16-20)24-21(22)23-10-11-25-12-14-26(15-13-25)17-18-6-3-2-4-7-18;/h2-9,16H,10-15,17H2,1H3,(H3,22,23,24);1H. The Balaban J connectivity index is 0.00000280. The number of rotatable bonds is 7. The molecule has 6 nitrogen and oxygen atoms in total. The Hall–Kier alpha value is -1.84. The molecule has 28 heavy (non-hydrogen) atoms. The lowest BCUT2D eigenvalue weighted by Crippen LogP contribution is -2.46. The summed E-state index contributed by atoms with van der Waals surface area (Å²) in [6.07, 6.45) is 0. The fraction of sp³-hybridized carbons (Fsp3) is 0.381. The van der Waals surface area contributed by atoms with E-state index in [2.05, 4.69) is 50.4 Å². The lowest BCUT2D eigenvalue weighted by molar-refractivity contribution is 0.130. The molecule has 0 amide bonds. The van der Waals surface area contributed by atoms with Crippen molar-refractivity contribution in [2.45, 2.75) is 6.54 Å². The summed E-state index contributed by atoms with van der Waals surface area (Å²) in [4.78, 5) is 9.40. The van der Waals surface area contributed by atoms with Crippen LogP contribution < -0.4 is 15.8 Å². The fourth-order valence-electron chi connectivity index (χ4n) is 3.21. The molecule has 0 bridgehead atoms. The van der Waals surface area contributed by atoms with Gasteiger partial charge in [0.05, 0.1) is 13.7 Å². The first-order valence-electron chi connectivity index (χ1n) is 9.42. The molecule has 152 valence electrons. The van der Waals surface area contributed by atoms with Crippen molar-refractivity contribution in [2.24, 2.45) is 10.7 Å². The Morgan fingerprint density at radius 1 is 1.04 bits per heavy atom. The number of nitrogens with zero attached hydrogens (tertiary/aromatic N) is 3. The van der Waals surface area contributed by atoms with Crippen LogP contribution in [0.25, 0.3) is 0 Å². The van der Waals surface area contributed by atoms with Crippen LogP contribution in [0, 0.1) is 0 Å². The van der Waals surface area contributed by atoms with Gasteiger partial charge in [-0.2, -0.15) is 0 Å². The summed E-state index contributed by atoms with van der Waals surface area (Å²) in [7, 11) is 1.65. The lowest BCUT2D eigenvalue weighted by atomic mass is 10.2. The molecular weight excluding hydrogens is 465 g/mol. The van der Waals surface area contributed by atoms with Crippen molar-refractivity contribution in [2.75, 3.05) is 51.7 Å². The van der Waals surface area contributed by atoms with E-state index in [-0.39, 0.29) is 24.0 Å². The monoisotopic (exact) mass is 495 g/mol. The Labute approximate surface area is 184 Å². The molecule has 3 N–H and O–H groups in total. The molecule has 7 heteroatoms. The number of hydrogen-bond acceptors (Lipinski definition) is 4. The molecule has 1 saturated heterocycles. The Morgan fingerprint density at radius 3 is 2.46 bits per heavy atom. The first kappa shape index (κ1) is 22.4. The highest BCUT2D eigenvalue weighted by Gasteiger charge is 2.16. The number of piperazine rings is 1. The third-order valence-corrected chi connectivity index (χ3v) is 4.75. The number of guanidine groups is 1. The average Bonchev–Trinajstić information content (AvgIpc) is 2.70. The molecule has 0 atom stereocenters. The lowest BCUT2D eigenvalue weighted by Gasteiger charge is -2.34. The molecule has 0 saturated carbocycles. The maximum Gasteiger partial charge on any atom is 0.193 e. The molecule has 0 spiro atoms. The van der Waals surface area contributed by atoms with E-state index in [1.54, 1.807) is 7.11 Å². The van der Waals surface area contributed by atoms with Gasteiger partial charge < -0.3 is 15.8 Å². The van der Waals surface area contributed by atoms with Gasteiger partial charge in [-0.15, -0.1) is 24.0 Å². The minimum absolute atomic E-state index is 0. The van der Waals surface area contributed by atoms with Crippen LogP contribution in [0.1, 0.15) is 5.56 Å². The third kappa shape index (κ3) is 7.29. The van der Waals surface area contributed by atoms with Gasteiger partial charge in [-0.25, -0.2) is 0 Å². The summed E-state index contributed by atoms with van der Waals surface area (Å²) in [5, 5.41) is 3.11. The predicted molar refractivity (Wildman–Crippen MR) is 127 cm³/mol. The van der Waals surface area contributed by atoms with Gasteiger partial charge in [-0.3, -0.25) is 14.8 Å². The van der Waals surface area contributed by atoms with Crippen LogP contribution in [-0.4, -0.2) is 62.1 Å². The van der Waals surface area contributed by atoms with Crippen molar-refractivity contribution in [3.8, 4) is 5.75 Å². The van der Waals surface area contributed by atoms with E-state index in [1.807, 2.05) is 24.3 Å². The van der Waals surface area contributed by atoms with Crippen LogP contribution in [0.4, 0.5) is 5.69 Å². The third-order valence-electron chi connectivity index (χ3n) is 4.75. The van der Waals surface area contributed by atoms with Gasteiger partial charge in [0, 0.05) is 51.0 Å². The molecule has 1 aliphatic heterocycles. The second-order valence-electron chi connectivity index (χ2n) is 6.73. The van der Waals surface area contributed by atoms with Crippen molar-refractivity contribution >= 4 is 35.6 Å². The van der Waals surface area contributed by atoms with Gasteiger partial charge >= 0.3 is 0 Å². The summed E-state index contributed by atoms with van der Waals surface area (Å²) in [6.45, 7) is 6.99. The summed E-state index contributed by atoms with van der Waals surface area (Å²) < 4.78 is 5.21. The van der Waals surface area contributed by atoms with Crippen LogP contribution in [0.5, 0.6) is 5.75 Å². The van der Waals surface area contributed by atoms with Crippen LogP contribution in [0.2, 0.25) is 0 Å². The van der Waals surface area contributed by atoms with Gasteiger partial charge in [0.2, 0.25) is 0 Å². The number of methoxy groups -OCH3 is 1. The van der Waals surface area contributed by atoms with Crippen molar-refractivity contribution in [1.29, 1.82) is 0 Å². The molecule has 0 unspecified atom stereocenters. The van der Waals surface area contributed by atoms with E-state index < -0.39 is 0 Å². The van der Waals surface area contributed by atoms with Crippen molar-refractivity contribution in [3.05, 3.63) is 60.2 Å². The molecule has 2 aromatic rings. The molecule has 1 aliphatic rings. The number of hydrogen-bond donors (Lipinski definition) is 2. The van der Waals surface area contributed by atoms with Crippen LogP contribution in [-0.2, 0) is 6.54 Å². The van der Waals surface area contributed by atoms with E-state index in [9.17, 15) is 0 Å². The van der Waals surface area contributed by atoms with E-state index in [0.29, 0.717) is 12.5 Å². The second kappa shape index (κ2) is 11.9. The average molecular weight is 495 g/mol. The summed E-state index contributed by atoms with van der Waals surface area (Å²) in [5.74, 6) is 1.23.